The van der Waals surface area contributed by atoms with Gasteiger partial charge in [-0.2, -0.15) is 0 Å². The second-order valence-corrected chi connectivity index (χ2v) is 7.24. The summed E-state index contributed by atoms with van der Waals surface area (Å²) in [5.41, 5.74) is 2.34. The maximum absolute atomic E-state index is 12.8. The largest absolute Gasteiger partial charge is 0.466 e. The number of carbonyl (C=O) groups excluding carboxylic acids is 2. The number of hydrogen-bond donors (Lipinski definition) is 0. The highest BCUT2D eigenvalue weighted by molar-refractivity contribution is 8.18. The van der Waals surface area contributed by atoms with E-state index >= 15 is 0 Å². The predicted octanol–water partition coefficient (Wildman–Crippen LogP) is 3.46. The van der Waals surface area contributed by atoms with Gasteiger partial charge in [-0.1, -0.05) is 60.7 Å². The van der Waals surface area contributed by atoms with E-state index in [1.165, 1.54) is 30.5 Å². The molecule has 0 spiro atoms. The number of esters is 1. The Balaban J connectivity index is 1.73. The predicted molar refractivity (Wildman–Crippen MR) is 112 cm³/mol. The van der Waals surface area contributed by atoms with E-state index in [9.17, 15) is 9.59 Å². The van der Waals surface area contributed by atoms with Gasteiger partial charge in [-0.25, -0.2) is 4.79 Å². The standard InChI is InChI=1S/C22H22N2O3S/c1-27-20(25)16-19-21(26)24(15-13-18-10-6-3-7-11-18)22(28-19)23-14-12-17-8-4-2-5-9-17/h2-11,16H,12-15H2,1H3/b19-16+,23-22?. The second-order valence-electron chi connectivity index (χ2n) is 6.23. The van der Waals surface area contributed by atoms with Gasteiger partial charge in [0.2, 0.25) is 0 Å². The number of rotatable bonds is 7. The van der Waals surface area contributed by atoms with Gasteiger partial charge in [-0.15, -0.1) is 0 Å². The molecule has 0 aromatic heterocycles. The lowest BCUT2D eigenvalue weighted by Crippen LogP contribution is -2.31. The number of carbonyl (C=O) groups is 2. The summed E-state index contributed by atoms with van der Waals surface area (Å²) in [6.07, 6.45) is 2.75. The van der Waals surface area contributed by atoms with E-state index in [0.29, 0.717) is 23.2 Å². The van der Waals surface area contributed by atoms with Crippen LogP contribution in [0.4, 0.5) is 0 Å². The van der Waals surface area contributed by atoms with Crippen molar-refractivity contribution in [3.05, 3.63) is 82.8 Å². The molecule has 0 N–H and O–H groups in total. The van der Waals surface area contributed by atoms with Crippen molar-refractivity contribution in [2.45, 2.75) is 12.8 Å². The van der Waals surface area contributed by atoms with E-state index in [1.54, 1.807) is 4.90 Å². The van der Waals surface area contributed by atoms with Gasteiger partial charge in [0.25, 0.3) is 5.91 Å². The average Bonchev–Trinajstić information content (AvgIpc) is 3.02. The summed E-state index contributed by atoms with van der Waals surface area (Å²) in [6, 6.07) is 20.1. The number of aliphatic imine (C=N–C) groups is 1. The minimum atomic E-state index is -0.538. The molecule has 1 heterocycles. The van der Waals surface area contributed by atoms with Gasteiger partial charge in [0.05, 0.1) is 12.0 Å². The van der Waals surface area contributed by atoms with Crippen molar-refractivity contribution in [3.8, 4) is 0 Å². The fourth-order valence-electron chi connectivity index (χ4n) is 2.80. The molecule has 1 fully saturated rings. The monoisotopic (exact) mass is 394 g/mol. The Morgan fingerprint density at radius 3 is 2.25 bits per heavy atom. The highest BCUT2D eigenvalue weighted by Crippen LogP contribution is 2.31. The molecular weight excluding hydrogens is 372 g/mol. The van der Waals surface area contributed by atoms with Crippen LogP contribution in [0.25, 0.3) is 0 Å². The van der Waals surface area contributed by atoms with Crippen LogP contribution < -0.4 is 0 Å². The Hall–Kier alpha value is -2.86. The van der Waals surface area contributed by atoms with Gasteiger partial charge in [0, 0.05) is 19.2 Å². The first-order valence-electron chi connectivity index (χ1n) is 9.09. The van der Waals surface area contributed by atoms with Crippen molar-refractivity contribution in [1.82, 2.24) is 4.90 Å². The van der Waals surface area contributed by atoms with E-state index in [2.05, 4.69) is 21.9 Å². The Morgan fingerprint density at radius 1 is 1.04 bits per heavy atom. The summed E-state index contributed by atoms with van der Waals surface area (Å²) in [7, 11) is 1.30. The Bertz CT molecular complexity index is 879. The molecule has 0 atom stereocenters. The van der Waals surface area contributed by atoms with Gasteiger partial charge >= 0.3 is 5.97 Å². The number of amidine groups is 1. The van der Waals surface area contributed by atoms with Crippen LogP contribution >= 0.6 is 11.8 Å². The van der Waals surface area contributed by atoms with Crippen molar-refractivity contribution >= 4 is 28.8 Å². The number of hydrogen-bond acceptors (Lipinski definition) is 5. The molecule has 0 aliphatic carbocycles. The third-order valence-electron chi connectivity index (χ3n) is 4.30. The summed E-state index contributed by atoms with van der Waals surface area (Å²) in [6.45, 7) is 1.09. The highest BCUT2D eigenvalue weighted by Gasteiger charge is 2.33. The second kappa shape index (κ2) is 9.90. The molecule has 1 saturated heterocycles. The summed E-state index contributed by atoms with van der Waals surface area (Å²) < 4.78 is 4.66. The lowest BCUT2D eigenvalue weighted by molar-refractivity contribution is -0.135. The molecule has 0 radical (unpaired) electrons. The minimum Gasteiger partial charge on any atom is -0.466 e. The lowest BCUT2D eigenvalue weighted by atomic mass is 10.1. The van der Waals surface area contributed by atoms with Gasteiger partial charge in [-0.3, -0.25) is 14.7 Å². The number of nitrogens with zero attached hydrogens (tertiary/aromatic N) is 2. The first-order valence-corrected chi connectivity index (χ1v) is 9.90. The summed E-state index contributed by atoms with van der Waals surface area (Å²) in [4.78, 5) is 31.0. The average molecular weight is 394 g/mol. The number of amides is 1. The van der Waals surface area contributed by atoms with E-state index in [-0.39, 0.29) is 5.91 Å². The molecule has 0 unspecified atom stereocenters. The van der Waals surface area contributed by atoms with Gasteiger partial charge in [0.1, 0.15) is 0 Å². The number of ether oxygens (including phenoxy) is 1. The van der Waals surface area contributed by atoms with Crippen LogP contribution in [0.15, 0.2) is 76.6 Å². The molecule has 6 heteroatoms. The number of thioether (sulfide) groups is 1. The van der Waals surface area contributed by atoms with E-state index in [4.69, 9.17) is 0 Å². The van der Waals surface area contributed by atoms with Gasteiger partial charge in [-0.05, 0) is 35.7 Å². The molecule has 3 rings (SSSR count). The SMILES string of the molecule is COC(=O)/C=C1/SC(=NCCc2ccccc2)N(CCc2ccccc2)C1=O. The third kappa shape index (κ3) is 5.33. The zero-order valence-electron chi connectivity index (χ0n) is 15.7. The molecule has 1 aliphatic heterocycles. The molecule has 144 valence electrons. The third-order valence-corrected chi connectivity index (χ3v) is 5.34. The first kappa shape index (κ1) is 19.9. The smallest absolute Gasteiger partial charge is 0.331 e. The van der Waals surface area contributed by atoms with Crippen LogP contribution in [-0.2, 0) is 27.2 Å². The topological polar surface area (TPSA) is 59.0 Å². The number of benzene rings is 2. The van der Waals surface area contributed by atoms with Crippen LogP contribution in [0.2, 0.25) is 0 Å². The zero-order valence-corrected chi connectivity index (χ0v) is 16.5. The molecule has 0 saturated carbocycles. The molecule has 1 amide bonds. The van der Waals surface area contributed by atoms with Crippen molar-refractivity contribution in [2.24, 2.45) is 4.99 Å². The summed E-state index contributed by atoms with van der Waals surface area (Å²) >= 11 is 1.23. The fraction of sp³-hybridized carbons (Fsp3) is 0.227. The summed E-state index contributed by atoms with van der Waals surface area (Å²) in [5, 5.41) is 0.631. The minimum absolute atomic E-state index is 0.204. The van der Waals surface area contributed by atoms with Crippen molar-refractivity contribution in [3.63, 3.8) is 0 Å². The highest BCUT2D eigenvalue weighted by atomic mass is 32.2. The first-order chi connectivity index (χ1) is 13.7. The molecular formula is C22H22N2O3S. The quantitative estimate of drug-likeness (QED) is 0.533. The lowest BCUT2D eigenvalue weighted by Gasteiger charge is -2.15. The van der Waals surface area contributed by atoms with Crippen LogP contribution in [0.3, 0.4) is 0 Å². The van der Waals surface area contributed by atoms with Gasteiger partial charge < -0.3 is 4.74 Å². The fourth-order valence-corrected chi connectivity index (χ4v) is 3.79. The van der Waals surface area contributed by atoms with Crippen LogP contribution in [-0.4, -0.2) is 42.1 Å². The Morgan fingerprint density at radius 2 is 1.64 bits per heavy atom. The van der Waals surface area contributed by atoms with Crippen LogP contribution in [0, 0.1) is 0 Å². The van der Waals surface area contributed by atoms with Crippen LogP contribution in [0.1, 0.15) is 11.1 Å². The van der Waals surface area contributed by atoms with E-state index in [1.807, 2.05) is 48.5 Å². The molecule has 1 aliphatic rings. The van der Waals surface area contributed by atoms with Crippen LogP contribution in [0.5, 0.6) is 0 Å². The van der Waals surface area contributed by atoms with E-state index < -0.39 is 5.97 Å². The summed E-state index contributed by atoms with van der Waals surface area (Å²) in [5.74, 6) is -0.741. The molecule has 2 aromatic rings. The van der Waals surface area contributed by atoms with Crippen molar-refractivity contribution in [1.29, 1.82) is 0 Å². The maximum atomic E-state index is 12.8. The molecule has 28 heavy (non-hydrogen) atoms. The normalized spacial score (nSPS) is 16.8. The Labute approximate surface area is 169 Å². The van der Waals surface area contributed by atoms with Crippen molar-refractivity contribution in [2.75, 3.05) is 20.2 Å². The van der Waals surface area contributed by atoms with Gasteiger partial charge in [0.15, 0.2) is 5.17 Å². The zero-order chi connectivity index (χ0) is 19.8. The molecule has 5 nitrogen and oxygen atoms in total. The maximum Gasteiger partial charge on any atom is 0.331 e. The molecule has 2 aromatic carbocycles. The Kier molecular flexibility index (Phi) is 7.03. The number of methoxy groups -OCH3 is 1. The van der Waals surface area contributed by atoms with E-state index in [0.717, 1.165) is 18.4 Å². The molecule has 0 bridgehead atoms. The van der Waals surface area contributed by atoms with Crippen molar-refractivity contribution < 1.29 is 14.3 Å².